The van der Waals surface area contributed by atoms with E-state index in [1.807, 2.05) is 0 Å². The van der Waals surface area contributed by atoms with Gasteiger partial charge in [0, 0.05) is 43.2 Å². The predicted molar refractivity (Wildman–Crippen MR) is 86.3 cm³/mol. The Hall–Kier alpha value is -0.460. The average molecular weight is 355 g/mol. The van der Waals surface area contributed by atoms with Gasteiger partial charge in [-0.2, -0.15) is 0 Å². The Bertz CT molecular complexity index is 489. The van der Waals surface area contributed by atoms with E-state index in [2.05, 4.69) is 43.9 Å². The first-order valence-corrected chi connectivity index (χ1v) is 8.50. The number of nitrogens with zero attached hydrogens (tertiary/aromatic N) is 2. The molecule has 0 saturated carbocycles. The monoisotopic (exact) mass is 354 g/mol. The van der Waals surface area contributed by atoms with E-state index >= 15 is 0 Å². The van der Waals surface area contributed by atoms with E-state index in [9.17, 15) is 5.11 Å². The first kappa shape index (κ1) is 15.4. The highest BCUT2D eigenvalue weighted by atomic mass is 79.9. The number of piperazine rings is 1. The van der Waals surface area contributed by atoms with Crippen molar-refractivity contribution in [2.45, 2.75) is 25.0 Å². The molecule has 2 atom stereocenters. The summed E-state index contributed by atoms with van der Waals surface area (Å²) >= 11 is 3.55. The van der Waals surface area contributed by atoms with Crippen molar-refractivity contribution in [3.05, 3.63) is 33.8 Å². The lowest BCUT2D eigenvalue weighted by atomic mass is 10.1. The molecule has 5 heteroatoms. The van der Waals surface area contributed by atoms with E-state index in [0.717, 1.165) is 26.2 Å². The van der Waals surface area contributed by atoms with Crippen LogP contribution >= 0.6 is 15.9 Å². The third-order valence-corrected chi connectivity index (χ3v) is 5.17. The molecule has 1 aromatic carbocycles. The molecule has 1 aliphatic carbocycles. The third kappa shape index (κ3) is 3.48. The summed E-state index contributed by atoms with van der Waals surface area (Å²) in [6, 6.07) is 7.21. The fraction of sp³-hybridized carbons (Fsp3) is 0.625. The van der Waals surface area contributed by atoms with Gasteiger partial charge in [-0.15, -0.1) is 0 Å². The van der Waals surface area contributed by atoms with Crippen LogP contribution < -0.4 is 0 Å². The minimum Gasteiger partial charge on any atom is -0.394 e. The standard InChI is InChI=1S/C16H23BrN2O2/c17-13-2-3-15-12(9-13)1-4-16(15)19-7-5-18(6-8-19)10-14(21)11-20/h2-3,9,14,16,20-21H,1,4-8,10-11H2. The van der Waals surface area contributed by atoms with E-state index in [1.165, 1.54) is 28.4 Å². The quantitative estimate of drug-likeness (QED) is 0.858. The number of aliphatic hydroxyl groups is 2. The highest BCUT2D eigenvalue weighted by Crippen LogP contribution is 2.37. The second kappa shape index (κ2) is 6.75. The van der Waals surface area contributed by atoms with Crippen LogP contribution in [0.4, 0.5) is 0 Å². The zero-order chi connectivity index (χ0) is 14.8. The number of aryl methyl sites for hydroxylation is 1. The van der Waals surface area contributed by atoms with Crippen molar-refractivity contribution >= 4 is 15.9 Å². The van der Waals surface area contributed by atoms with Crippen LogP contribution in [0.2, 0.25) is 0 Å². The van der Waals surface area contributed by atoms with E-state index in [4.69, 9.17) is 5.11 Å². The highest BCUT2D eigenvalue weighted by molar-refractivity contribution is 9.10. The molecule has 3 rings (SSSR count). The van der Waals surface area contributed by atoms with Crippen LogP contribution in [0.25, 0.3) is 0 Å². The van der Waals surface area contributed by atoms with Crippen LogP contribution in [-0.2, 0) is 6.42 Å². The van der Waals surface area contributed by atoms with E-state index in [0.29, 0.717) is 12.6 Å². The Balaban J connectivity index is 1.59. The molecule has 0 aromatic heterocycles. The molecule has 1 aromatic rings. The second-order valence-electron chi connectivity index (χ2n) is 6.07. The Morgan fingerprint density at radius 3 is 2.71 bits per heavy atom. The Kier molecular flexibility index (Phi) is 4.96. The molecule has 1 aliphatic heterocycles. The lowest BCUT2D eigenvalue weighted by molar-refractivity contribution is 0.0309. The molecule has 0 amide bonds. The minimum atomic E-state index is -0.610. The van der Waals surface area contributed by atoms with Crippen LogP contribution in [-0.4, -0.2) is 65.4 Å². The van der Waals surface area contributed by atoms with Crippen molar-refractivity contribution in [2.75, 3.05) is 39.3 Å². The summed E-state index contributed by atoms with van der Waals surface area (Å²) in [6.45, 7) is 4.46. The molecule has 2 unspecified atom stereocenters. The van der Waals surface area contributed by atoms with Gasteiger partial charge in [0.1, 0.15) is 0 Å². The molecule has 116 valence electrons. The van der Waals surface area contributed by atoms with Gasteiger partial charge in [-0.3, -0.25) is 9.80 Å². The number of fused-ring (bicyclic) bond motifs is 1. The fourth-order valence-electron chi connectivity index (χ4n) is 3.56. The summed E-state index contributed by atoms with van der Waals surface area (Å²) in [4.78, 5) is 4.82. The summed E-state index contributed by atoms with van der Waals surface area (Å²) in [7, 11) is 0. The predicted octanol–water partition coefficient (Wildman–Crippen LogP) is 1.41. The van der Waals surface area contributed by atoms with Gasteiger partial charge in [-0.1, -0.05) is 22.0 Å². The molecule has 0 bridgehead atoms. The van der Waals surface area contributed by atoms with E-state index in [1.54, 1.807) is 0 Å². The number of rotatable bonds is 4. The van der Waals surface area contributed by atoms with Gasteiger partial charge in [0.2, 0.25) is 0 Å². The average Bonchev–Trinajstić information content (AvgIpc) is 2.90. The molecule has 2 N–H and O–H groups in total. The SMILES string of the molecule is OCC(O)CN1CCN(C2CCc3cc(Br)ccc32)CC1. The van der Waals surface area contributed by atoms with Crippen molar-refractivity contribution in [3.63, 3.8) is 0 Å². The fourth-order valence-corrected chi connectivity index (χ4v) is 3.96. The molecule has 0 spiro atoms. The lowest BCUT2D eigenvalue weighted by Gasteiger charge is -2.38. The third-order valence-electron chi connectivity index (χ3n) is 4.68. The smallest absolute Gasteiger partial charge is 0.0897 e. The Morgan fingerprint density at radius 1 is 1.24 bits per heavy atom. The first-order chi connectivity index (χ1) is 10.2. The largest absolute Gasteiger partial charge is 0.394 e. The molecular formula is C16H23BrN2O2. The molecular weight excluding hydrogens is 332 g/mol. The highest BCUT2D eigenvalue weighted by Gasteiger charge is 2.30. The van der Waals surface area contributed by atoms with Gasteiger partial charge < -0.3 is 10.2 Å². The molecule has 4 nitrogen and oxygen atoms in total. The van der Waals surface area contributed by atoms with Crippen molar-refractivity contribution in [1.82, 2.24) is 9.80 Å². The second-order valence-corrected chi connectivity index (χ2v) is 6.99. The minimum absolute atomic E-state index is 0.148. The molecule has 1 fully saturated rings. The van der Waals surface area contributed by atoms with Crippen LogP contribution in [0.5, 0.6) is 0 Å². The topological polar surface area (TPSA) is 46.9 Å². The number of halogens is 1. The van der Waals surface area contributed by atoms with Crippen molar-refractivity contribution in [3.8, 4) is 0 Å². The van der Waals surface area contributed by atoms with Crippen LogP contribution in [0.3, 0.4) is 0 Å². The number of β-amino-alcohol motifs (C(OH)–C–C–N with tert-alkyl or cyclic N) is 1. The van der Waals surface area contributed by atoms with Gasteiger partial charge >= 0.3 is 0 Å². The van der Waals surface area contributed by atoms with Gasteiger partial charge in [0.15, 0.2) is 0 Å². The normalized spacial score (nSPS) is 25.0. The molecule has 21 heavy (non-hydrogen) atoms. The zero-order valence-electron chi connectivity index (χ0n) is 12.2. The summed E-state index contributed by atoms with van der Waals surface area (Å²) in [6.07, 6.45) is 1.77. The van der Waals surface area contributed by atoms with Crippen LogP contribution in [0, 0.1) is 0 Å². The number of aliphatic hydroxyl groups excluding tert-OH is 2. The van der Waals surface area contributed by atoms with E-state index < -0.39 is 6.10 Å². The maximum absolute atomic E-state index is 9.53. The zero-order valence-corrected chi connectivity index (χ0v) is 13.8. The van der Waals surface area contributed by atoms with Crippen LogP contribution in [0.15, 0.2) is 22.7 Å². The van der Waals surface area contributed by atoms with Crippen molar-refractivity contribution in [1.29, 1.82) is 0 Å². The Morgan fingerprint density at radius 2 is 2.00 bits per heavy atom. The Labute approximate surface area is 134 Å². The molecule has 1 saturated heterocycles. The molecule has 1 heterocycles. The van der Waals surface area contributed by atoms with Gasteiger partial charge in [-0.05, 0) is 36.1 Å². The summed E-state index contributed by atoms with van der Waals surface area (Å²) in [5.41, 5.74) is 2.97. The maximum Gasteiger partial charge on any atom is 0.0897 e. The van der Waals surface area contributed by atoms with Gasteiger partial charge in [-0.25, -0.2) is 0 Å². The summed E-state index contributed by atoms with van der Waals surface area (Å²) in [5, 5.41) is 18.5. The van der Waals surface area contributed by atoms with Crippen molar-refractivity contribution in [2.24, 2.45) is 0 Å². The number of benzene rings is 1. The van der Waals surface area contributed by atoms with Crippen LogP contribution in [0.1, 0.15) is 23.6 Å². The molecule has 2 aliphatic rings. The summed E-state index contributed by atoms with van der Waals surface area (Å²) in [5.74, 6) is 0. The number of hydrogen-bond donors (Lipinski definition) is 2. The van der Waals surface area contributed by atoms with E-state index in [-0.39, 0.29) is 6.61 Å². The van der Waals surface area contributed by atoms with Gasteiger partial charge in [0.05, 0.1) is 12.7 Å². The molecule has 0 radical (unpaired) electrons. The number of hydrogen-bond acceptors (Lipinski definition) is 4. The van der Waals surface area contributed by atoms with Crippen molar-refractivity contribution < 1.29 is 10.2 Å². The summed E-state index contributed by atoms with van der Waals surface area (Å²) < 4.78 is 1.17. The lowest BCUT2D eigenvalue weighted by Crippen LogP contribution is -2.49. The maximum atomic E-state index is 9.53. The first-order valence-electron chi connectivity index (χ1n) is 7.71. The van der Waals surface area contributed by atoms with Gasteiger partial charge in [0.25, 0.3) is 0 Å².